The van der Waals surface area contributed by atoms with Gasteiger partial charge in [0.05, 0.1) is 22.7 Å². The molecule has 1 aliphatic heterocycles. The van der Waals surface area contributed by atoms with Gasteiger partial charge in [0.2, 0.25) is 0 Å². The van der Waals surface area contributed by atoms with E-state index < -0.39 is 36.0 Å². The fraction of sp³-hybridized carbons (Fsp3) is 0.312. The van der Waals surface area contributed by atoms with Crippen LogP contribution in [0.15, 0.2) is 28.9 Å². The summed E-state index contributed by atoms with van der Waals surface area (Å²) < 4.78 is 87.5. The van der Waals surface area contributed by atoms with Crippen LogP contribution in [0.3, 0.4) is 0 Å². The van der Waals surface area contributed by atoms with Crippen LogP contribution in [0.1, 0.15) is 23.6 Å². The van der Waals surface area contributed by atoms with Gasteiger partial charge in [0.1, 0.15) is 0 Å². The number of fused-ring (bicyclic) bond motifs is 1. The van der Waals surface area contributed by atoms with E-state index in [1.54, 1.807) is 6.07 Å². The third-order valence-corrected chi connectivity index (χ3v) is 4.43. The molecule has 1 aliphatic rings. The van der Waals surface area contributed by atoms with Crippen LogP contribution in [0.5, 0.6) is 11.5 Å². The summed E-state index contributed by atoms with van der Waals surface area (Å²) in [6.07, 6.45) is -3.96. The van der Waals surface area contributed by atoms with E-state index >= 15 is 0 Å². The minimum absolute atomic E-state index is 0.0311. The summed E-state index contributed by atoms with van der Waals surface area (Å²) in [4.78, 5) is 3.57. The number of hydrogen-bond donors (Lipinski definition) is 1. The number of pyridine rings is 1. The van der Waals surface area contributed by atoms with Crippen molar-refractivity contribution in [3.8, 4) is 11.5 Å². The molecule has 0 bridgehead atoms. The maximum atomic E-state index is 14.2. The lowest BCUT2D eigenvalue weighted by atomic mass is 10.00. The molecule has 1 aromatic heterocycles. The van der Waals surface area contributed by atoms with E-state index in [1.807, 2.05) is 0 Å². The first kappa shape index (κ1) is 19.6. The molecule has 4 nitrogen and oxygen atoms in total. The molecule has 3 rings (SSSR count). The molecule has 0 spiro atoms. The predicted octanol–water partition coefficient (Wildman–Crippen LogP) is 5.54. The lowest BCUT2D eigenvalue weighted by Crippen LogP contribution is -2.22. The van der Waals surface area contributed by atoms with Crippen molar-refractivity contribution < 1.29 is 35.8 Å². The molecule has 27 heavy (non-hydrogen) atoms. The number of hydrogen-bond acceptors (Lipinski definition) is 4. The first-order valence-corrected chi connectivity index (χ1v) is 8.35. The van der Waals surface area contributed by atoms with Crippen molar-refractivity contribution in [2.45, 2.75) is 25.3 Å². The predicted molar refractivity (Wildman–Crippen MR) is 86.4 cm³/mol. The fourth-order valence-corrected chi connectivity index (χ4v) is 2.92. The SMILES string of the molecule is Fc1c(Br)ccc2c1OCCC2Nc1ncc(C(F)(F)F)cc1OC(F)F. The fourth-order valence-electron chi connectivity index (χ4n) is 2.61. The van der Waals surface area contributed by atoms with Gasteiger partial charge in [0, 0.05) is 18.2 Å². The van der Waals surface area contributed by atoms with Crippen molar-refractivity contribution in [1.29, 1.82) is 0 Å². The van der Waals surface area contributed by atoms with Crippen LogP contribution < -0.4 is 14.8 Å². The van der Waals surface area contributed by atoms with Gasteiger partial charge >= 0.3 is 12.8 Å². The minimum Gasteiger partial charge on any atom is -0.490 e. The molecule has 0 aliphatic carbocycles. The highest BCUT2D eigenvalue weighted by molar-refractivity contribution is 9.10. The zero-order valence-electron chi connectivity index (χ0n) is 13.3. The summed E-state index contributed by atoms with van der Waals surface area (Å²) in [5.41, 5.74) is -0.849. The van der Waals surface area contributed by atoms with Crippen LogP contribution in [-0.2, 0) is 6.18 Å². The molecule has 11 heteroatoms. The van der Waals surface area contributed by atoms with Gasteiger partial charge in [-0.2, -0.15) is 22.0 Å². The first-order valence-electron chi connectivity index (χ1n) is 7.56. The van der Waals surface area contributed by atoms with Gasteiger partial charge in [-0.15, -0.1) is 0 Å². The molecule has 1 N–H and O–H groups in total. The maximum absolute atomic E-state index is 14.2. The topological polar surface area (TPSA) is 43.4 Å². The van der Waals surface area contributed by atoms with Crippen LogP contribution in [0.2, 0.25) is 0 Å². The van der Waals surface area contributed by atoms with E-state index in [2.05, 4.69) is 31.0 Å². The Morgan fingerprint density at radius 3 is 2.70 bits per heavy atom. The van der Waals surface area contributed by atoms with Gasteiger partial charge in [-0.05, 0) is 28.1 Å². The van der Waals surface area contributed by atoms with E-state index in [9.17, 15) is 26.3 Å². The zero-order chi connectivity index (χ0) is 19.8. The van der Waals surface area contributed by atoms with Gasteiger partial charge < -0.3 is 14.8 Å². The van der Waals surface area contributed by atoms with Crippen molar-refractivity contribution in [3.05, 3.63) is 45.8 Å². The normalized spacial score (nSPS) is 16.7. The number of aromatic nitrogens is 1. The van der Waals surface area contributed by atoms with Crippen molar-refractivity contribution in [1.82, 2.24) is 4.98 Å². The first-order chi connectivity index (χ1) is 12.7. The molecular formula is C16H11BrF6N2O2. The van der Waals surface area contributed by atoms with Crippen LogP contribution in [0.25, 0.3) is 0 Å². The Bertz CT molecular complexity index is 846. The number of nitrogens with one attached hydrogen (secondary N) is 1. The highest BCUT2D eigenvalue weighted by Crippen LogP contribution is 2.41. The van der Waals surface area contributed by atoms with Gasteiger partial charge in [0.15, 0.2) is 23.1 Å². The van der Waals surface area contributed by atoms with Gasteiger partial charge in [0.25, 0.3) is 0 Å². The number of rotatable bonds is 4. The molecule has 2 aromatic rings. The number of halogens is 7. The Kier molecular flexibility index (Phi) is 5.41. The van der Waals surface area contributed by atoms with E-state index in [0.29, 0.717) is 24.2 Å². The third kappa shape index (κ3) is 4.23. The Labute approximate surface area is 157 Å². The monoisotopic (exact) mass is 456 g/mol. The molecule has 0 saturated carbocycles. The lowest BCUT2D eigenvalue weighted by molar-refractivity contribution is -0.138. The molecule has 0 saturated heterocycles. The highest BCUT2D eigenvalue weighted by Gasteiger charge is 2.33. The molecule has 2 heterocycles. The molecule has 0 fully saturated rings. The second-order valence-electron chi connectivity index (χ2n) is 5.56. The van der Waals surface area contributed by atoms with E-state index in [-0.39, 0.29) is 22.6 Å². The summed E-state index contributed by atoms with van der Waals surface area (Å²) in [7, 11) is 0. The van der Waals surface area contributed by atoms with Gasteiger partial charge in [-0.25, -0.2) is 9.37 Å². The number of benzene rings is 1. The number of ether oxygens (including phenoxy) is 2. The van der Waals surface area contributed by atoms with Crippen molar-refractivity contribution in [2.75, 3.05) is 11.9 Å². The van der Waals surface area contributed by atoms with Crippen LogP contribution in [0.4, 0.5) is 32.2 Å². The number of nitrogens with zero attached hydrogens (tertiary/aromatic N) is 1. The second kappa shape index (κ2) is 7.45. The average Bonchev–Trinajstić information content (AvgIpc) is 2.58. The molecule has 1 atom stereocenters. The molecule has 0 radical (unpaired) electrons. The number of alkyl halides is 5. The van der Waals surface area contributed by atoms with E-state index in [1.165, 1.54) is 6.07 Å². The van der Waals surface area contributed by atoms with Crippen LogP contribution in [-0.4, -0.2) is 18.2 Å². The summed E-state index contributed by atoms with van der Waals surface area (Å²) in [5, 5.41) is 2.74. The van der Waals surface area contributed by atoms with Crippen LogP contribution in [0, 0.1) is 5.82 Å². The zero-order valence-corrected chi connectivity index (χ0v) is 14.9. The Morgan fingerprint density at radius 1 is 1.30 bits per heavy atom. The van der Waals surface area contributed by atoms with Crippen molar-refractivity contribution in [3.63, 3.8) is 0 Å². The smallest absolute Gasteiger partial charge is 0.418 e. The average molecular weight is 457 g/mol. The summed E-state index contributed by atoms with van der Waals surface area (Å²) >= 11 is 3.03. The second-order valence-corrected chi connectivity index (χ2v) is 6.42. The summed E-state index contributed by atoms with van der Waals surface area (Å²) in [6.45, 7) is -3.23. The Hall–Kier alpha value is -2.17. The highest BCUT2D eigenvalue weighted by atomic mass is 79.9. The largest absolute Gasteiger partial charge is 0.490 e. The standard InChI is InChI=1S/C16H11BrF6N2O2/c17-9-2-1-8-10(3-4-26-13(8)12(9)18)25-14-11(27-15(19)20)5-7(6-24-14)16(21,22)23/h1-2,5-6,10,15H,3-4H2,(H,24,25). The van der Waals surface area contributed by atoms with Gasteiger partial charge in [-0.1, -0.05) is 6.07 Å². The Morgan fingerprint density at radius 2 is 2.04 bits per heavy atom. The van der Waals surface area contributed by atoms with Gasteiger partial charge in [-0.3, -0.25) is 0 Å². The summed E-state index contributed by atoms with van der Waals surface area (Å²) in [6, 6.07) is 2.80. The quantitative estimate of drug-likeness (QED) is 0.613. The van der Waals surface area contributed by atoms with E-state index in [4.69, 9.17) is 4.74 Å². The van der Waals surface area contributed by atoms with Crippen molar-refractivity contribution >= 4 is 21.7 Å². The molecule has 1 unspecified atom stereocenters. The third-order valence-electron chi connectivity index (χ3n) is 3.82. The molecule has 1 aromatic carbocycles. The Balaban J connectivity index is 1.96. The molecular weight excluding hydrogens is 446 g/mol. The number of anilines is 1. The maximum Gasteiger partial charge on any atom is 0.418 e. The molecule has 146 valence electrons. The van der Waals surface area contributed by atoms with Crippen molar-refractivity contribution in [2.24, 2.45) is 0 Å². The molecule has 0 amide bonds. The summed E-state index contributed by atoms with van der Waals surface area (Å²) in [5.74, 6) is -1.74. The van der Waals surface area contributed by atoms with E-state index in [0.717, 1.165) is 0 Å². The minimum atomic E-state index is -4.77. The lowest BCUT2D eigenvalue weighted by Gasteiger charge is -2.28. The van der Waals surface area contributed by atoms with Crippen LogP contribution >= 0.6 is 15.9 Å².